The number of aromatic nitrogens is 1. The smallest absolute Gasteiger partial charge is 0.258 e. The number of hydrogen-bond acceptors (Lipinski definition) is 3. The summed E-state index contributed by atoms with van der Waals surface area (Å²) in [7, 11) is 0. The van der Waals surface area contributed by atoms with Crippen molar-refractivity contribution >= 4 is 17.3 Å². The lowest BCUT2D eigenvalue weighted by Crippen LogP contribution is -2.13. The van der Waals surface area contributed by atoms with Crippen molar-refractivity contribution in [2.75, 3.05) is 0 Å². The second kappa shape index (κ2) is 3.53. The Bertz CT molecular complexity index is 372. The zero-order chi connectivity index (χ0) is 10.9. The summed E-state index contributed by atoms with van der Waals surface area (Å²) in [5, 5.41) is 10.4. The maximum absolute atomic E-state index is 10.5. The van der Waals surface area contributed by atoms with Gasteiger partial charge >= 0.3 is 5.69 Å². The molecule has 14 heavy (non-hydrogen) atoms. The number of pyridine rings is 1. The lowest BCUT2D eigenvalue weighted by molar-refractivity contribution is -0.385. The van der Waals surface area contributed by atoms with Crippen LogP contribution in [0.4, 0.5) is 5.69 Å². The molecule has 1 heterocycles. The van der Waals surface area contributed by atoms with Crippen molar-refractivity contribution in [1.29, 1.82) is 0 Å². The molecule has 1 aromatic heterocycles. The molecular formula is C9H11ClN2O2. The van der Waals surface area contributed by atoms with E-state index in [1.165, 1.54) is 6.07 Å². The van der Waals surface area contributed by atoms with Gasteiger partial charge in [0.15, 0.2) is 0 Å². The fraction of sp³-hybridized carbons (Fsp3) is 0.444. The largest absolute Gasteiger partial charge is 0.306 e. The monoisotopic (exact) mass is 214 g/mol. The van der Waals surface area contributed by atoms with E-state index in [-0.39, 0.29) is 16.3 Å². The van der Waals surface area contributed by atoms with Crippen molar-refractivity contribution in [1.82, 2.24) is 4.98 Å². The van der Waals surface area contributed by atoms with Crippen LogP contribution in [0.2, 0.25) is 5.15 Å². The molecule has 5 heteroatoms. The van der Waals surface area contributed by atoms with Crippen LogP contribution < -0.4 is 0 Å². The van der Waals surface area contributed by atoms with Crippen molar-refractivity contribution in [3.63, 3.8) is 0 Å². The highest BCUT2D eigenvalue weighted by atomic mass is 35.5. The maximum Gasteiger partial charge on any atom is 0.306 e. The SMILES string of the molecule is CC(C)(C)c1ccc([N+](=O)[O-])c(Cl)n1. The van der Waals surface area contributed by atoms with Crippen LogP contribution in [0.3, 0.4) is 0 Å². The molecular weight excluding hydrogens is 204 g/mol. The van der Waals surface area contributed by atoms with Crippen LogP contribution in [-0.2, 0) is 5.41 Å². The quantitative estimate of drug-likeness (QED) is 0.410. The van der Waals surface area contributed by atoms with E-state index in [9.17, 15) is 10.1 Å². The second-order valence-electron chi connectivity index (χ2n) is 4.01. The van der Waals surface area contributed by atoms with Crippen LogP contribution in [0, 0.1) is 10.1 Å². The minimum Gasteiger partial charge on any atom is -0.258 e. The Labute approximate surface area is 87.1 Å². The summed E-state index contributed by atoms with van der Waals surface area (Å²) < 4.78 is 0. The maximum atomic E-state index is 10.5. The summed E-state index contributed by atoms with van der Waals surface area (Å²) in [6, 6.07) is 3.01. The molecule has 4 nitrogen and oxygen atoms in total. The Morgan fingerprint density at radius 1 is 1.43 bits per heavy atom. The van der Waals surface area contributed by atoms with Crippen molar-refractivity contribution in [3.8, 4) is 0 Å². The number of nitro groups is 1. The Morgan fingerprint density at radius 2 is 2.00 bits per heavy atom. The highest BCUT2D eigenvalue weighted by Crippen LogP contribution is 2.27. The first-order valence-corrected chi connectivity index (χ1v) is 4.51. The highest BCUT2D eigenvalue weighted by molar-refractivity contribution is 6.31. The van der Waals surface area contributed by atoms with Gasteiger partial charge < -0.3 is 0 Å². The van der Waals surface area contributed by atoms with Crippen LogP contribution in [0.25, 0.3) is 0 Å². The van der Waals surface area contributed by atoms with Crippen LogP contribution in [0.15, 0.2) is 12.1 Å². The number of nitrogens with zero attached hydrogens (tertiary/aromatic N) is 2. The minimum atomic E-state index is -0.540. The summed E-state index contributed by atoms with van der Waals surface area (Å²) in [4.78, 5) is 13.9. The molecule has 0 spiro atoms. The van der Waals surface area contributed by atoms with Crippen molar-refractivity contribution in [2.24, 2.45) is 0 Å². The van der Waals surface area contributed by atoms with Crippen molar-refractivity contribution in [2.45, 2.75) is 26.2 Å². The fourth-order valence-electron chi connectivity index (χ4n) is 0.981. The molecule has 1 aromatic rings. The highest BCUT2D eigenvalue weighted by Gasteiger charge is 2.20. The topological polar surface area (TPSA) is 56.0 Å². The van der Waals surface area contributed by atoms with Gasteiger partial charge in [-0.25, -0.2) is 4.98 Å². The van der Waals surface area contributed by atoms with Gasteiger partial charge in [-0.2, -0.15) is 0 Å². The summed E-state index contributed by atoms with van der Waals surface area (Å²) in [6.07, 6.45) is 0. The van der Waals surface area contributed by atoms with E-state index in [1.54, 1.807) is 6.07 Å². The molecule has 0 saturated heterocycles. The minimum absolute atomic E-state index is 0.0533. The first-order chi connectivity index (χ1) is 6.32. The summed E-state index contributed by atoms with van der Waals surface area (Å²) in [5.41, 5.74) is 0.437. The first kappa shape index (κ1) is 10.9. The molecule has 0 fully saturated rings. The third-order valence-electron chi connectivity index (χ3n) is 1.79. The van der Waals surface area contributed by atoms with Gasteiger partial charge in [0.2, 0.25) is 5.15 Å². The normalized spacial score (nSPS) is 11.4. The third-order valence-corrected chi connectivity index (χ3v) is 2.07. The van der Waals surface area contributed by atoms with Gasteiger partial charge in [-0.3, -0.25) is 10.1 Å². The van der Waals surface area contributed by atoms with E-state index < -0.39 is 4.92 Å². The van der Waals surface area contributed by atoms with Crippen LogP contribution >= 0.6 is 11.6 Å². The molecule has 0 aliphatic rings. The molecule has 0 N–H and O–H groups in total. The average molecular weight is 215 g/mol. The first-order valence-electron chi connectivity index (χ1n) is 4.14. The van der Waals surface area contributed by atoms with E-state index in [4.69, 9.17) is 11.6 Å². The van der Waals surface area contributed by atoms with Gasteiger partial charge in [-0.05, 0) is 6.07 Å². The molecule has 76 valence electrons. The Morgan fingerprint density at radius 3 is 2.36 bits per heavy atom. The predicted octanol–water partition coefficient (Wildman–Crippen LogP) is 2.94. The number of hydrogen-bond donors (Lipinski definition) is 0. The van der Waals surface area contributed by atoms with E-state index in [1.807, 2.05) is 20.8 Å². The van der Waals surface area contributed by atoms with Crippen LogP contribution in [0.5, 0.6) is 0 Å². The van der Waals surface area contributed by atoms with Gasteiger partial charge in [-0.1, -0.05) is 32.4 Å². The van der Waals surface area contributed by atoms with Gasteiger partial charge in [0.1, 0.15) is 0 Å². The lowest BCUT2D eigenvalue weighted by atomic mass is 9.92. The molecule has 0 saturated carbocycles. The Kier molecular flexibility index (Phi) is 2.76. The summed E-state index contributed by atoms with van der Waals surface area (Å²) in [6.45, 7) is 5.91. The van der Waals surface area contributed by atoms with E-state index in [0.717, 1.165) is 5.69 Å². The summed E-state index contributed by atoms with van der Waals surface area (Å²) in [5.74, 6) is 0. The van der Waals surface area contributed by atoms with E-state index >= 15 is 0 Å². The molecule has 0 aliphatic carbocycles. The molecule has 0 aromatic carbocycles. The average Bonchev–Trinajstić information content (AvgIpc) is 2.01. The molecule has 0 amide bonds. The molecule has 0 atom stereocenters. The number of rotatable bonds is 1. The standard InChI is InChI=1S/C9H11ClN2O2/c1-9(2,3)7-5-4-6(12(13)14)8(10)11-7/h4-5H,1-3H3. The Hall–Kier alpha value is -1.16. The number of halogens is 1. The van der Waals surface area contributed by atoms with Gasteiger partial charge in [0.25, 0.3) is 0 Å². The van der Waals surface area contributed by atoms with Crippen molar-refractivity contribution in [3.05, 3.63) is 33.1 Å². The fourth-order valence-corrected chi connectivity index (χ4v) is 1.20. The van der Waals surface area contributed by atoms with Crippen LogP contribution in [-0.4, -0.2) is 9.91 Å². The van der Waals surface area contributed by atoms with Crippen molar-refractivity contribution < 1.29 is 4.92 Å². The second-order valence-corrected chi connectivity index (χ2v) is 4.37. The molecule has 1 rings (SSSR count). The Balaban J connectivity index is 3.20. The zero-order valence-electron chi connectivity index (χ0n) is 8.24. The van der Waals surface area contributed by atoms with Gasteiger partial charge in [0.05, 0.1) is 4.92 Å². The summed E-state index contributed by atoms with van der Waals surface area (Å²) >= 11 is 5.68. The predicted molar refractivity (Wildman–Crippen MR) is 54.6 cm³/mol. The molecule has 0 aliphatic heterocycles. The van der Waals surface area contributed by atoms with Crippen LogP contribution in [0.1, 0.15) is 26.5 Å². The van der Waals surface area contributed by atoms with E-state index in [2.05, 4.69) is 4.98 Å². The molecule has 0 unspecified atom stereocenters. The van der Waals surface area contributed by atoms with Gasteiger partial charge in [-0.15, -0.1) is 0 Å². The van der Waals surface area contributed by atoms with Gasteiger partial charge in [0, 0.05) is 17.2 Å². The molecule has 0 radical (unpaired) electrons. The molecule has 0 bridgehead atoms. The zero-order valence-corrected chi connectivity index (χ0v) is 9.00. The van der Waals surface area contributed by atoms with E-state index in [0.29, 0.717) is 0 Å². The lowest BCUT2D eigenvalue weighted by Gasteiger charge is -2.17. The third kappa shape index (κ3) is 2.20.